The highest BCUT2D eigenvalue weighted by molar-refractivity contribution is 5.93. The van der Waals surface area contributed by atoms with Crippen LogP contribution in [0.1, 0.15) is 29.8 Å². The van der Waals surface area contributed by atoms with Crippen molar-refractivity contribution in [3.8, 4) is 0 Å². The molecule has 0 radical (unpaired) electrons. The number of hydrogen-bond donors (Lipinski definition) is 2. The van der Waals surface area contributed by atoms with Crippen LogP contribution in [0.2, 0.25) is 0 Å². The summed E-state index contributed by atoms with van der Waals surface area (Å²) in [5.74, 6) is -0.0221. The number of nitrogens with one attached hydrogen (secondary N) is 2. The van der Waals surface area contributed by atoms with Crippen molar-refractivity contribution >= 4 is 11.8 Å². The summed E-state index contributed by atoms with van der Waals surface area (Å²) in [5, 5.41) is 14.0. The average molecular weight is 385 g/mol. The maximum atomic E-state index is 13.3. The first kappa shape index (κ1) is 18.7. The van der Waals surface area contributed by atoms with Crippen LogP contribution in [-0.2, 0) is 11.3 Å². The number of carbonyl (C=O) groups excluding carboxylic acids is 2. The van der Waals surface area contributed by atoms with Crippen molar-refractivity contribution in [1.82, 2.24) is 35.1 Å². The number of piperidine rings is 2. The monoisotopic (exact) mass is 385 g/mol. The molecule has 0 spiro atoms. The van der Waals surface area contributed by atoms with Crippen molar-refractivity contribution in [3.63, 3.8) is 0 Å². The molecule has 4 heterocycles. The Morgan fingerprint density at radius 3 is 2.96 bits per heavy atom. The van der Waals surface area contributed by atoms with Crippen LogP contribution in [0.4, 0.5) is 0 Å². The second-order valence-electron chi connectivity index (χ2n) is 7.78. The molecule has 2 aliphatic rings. The van der Waals surface area contributed by atoms with E-state index in [0.717, 1.165) is 25.8 Å². The molecule has 2 fully saturated rings. The molecular weight excluding hydrogens is 358 g/mol. The summed E-state index contributed by atoms with van der Waals surface area (Å²) in [7, 11) is 2.05. The van der Waals surface area contributed by atoms with Gasteiger partial charge in [0.15, 0.2) is 0 Å². The van der Waals surface area contributed by atoms with Gasteiger partial charge >= 0.3 is 0 Å². The Bertz CT molecular complexity index is 804. The third kappa shape index (κ3) is 3.42. The fourth-order valence-electron chi connectivity index (χ4n) is 4.57. The molecular formula is C19H27N7O2. The van der Waals surface area contributed by atoms with Gasteiger partial charge in [-0.2, -0.15) is 10.2 Å². The van der Waals surface area contributed by atoms with E-state index in [-0.39, 0.29) is 17.9 Å². The smallest absolute Gasteiger partial charge is 0.272 e. The largest absolute Gasteiger partial charge is 0.354 e. The number of aromatic nitrogens is 4. The summed E-state index contributed by atoms with van der Waals surface area (Å²) < 4.78 is 1.80. The average Bonchev–Trinajstić information content (AvgIpc) is 3.41. The van der Waals surface area contributed by atoms with Crippen LogP contribution in [0.15, 0.2) is 30.7 Å². The van der Waals surface area contributed by atoms with E-state index >= 15 is 0 Å². The van der Waals surface area contributed by atoms with Gasteiger partial charge in [-0.15, -0.1) is 0 Å². The van der Waals surface area contributed by atoms with E-state index in [4.69, 9.17) is 0 Å². The Morgan fingerprint density at radius 2 is 2.21 bits per heavy atom. The highest BCUT2D eigenvalue weighted by Crippen LogP contribution is 2.42. The van der Waals surface area contributed by atoms with Gasteiger partial charge in [0.1, 0.15) is 5.69 Å². The number of nitrogens with zero attached hydrogens (tertiary/aromatic N) is 5. The van der Waals surface area contributed by atoms with Gasteiger partial charge in [-0.25, -0.2) is 0 Å². The van der Waals surface area contributed by atoms with E-state index in [9.17, 15) is 9.59 Å². The molecule has 0 saturated carbocycles. The second kappa shape index (κ2) is 7.75. The molecule has 9 nitrogen and oxygen atoms in total. The van der Waals surface area contributed by atoms with Gasteiger partial charge in [0.25, 0.3) is 5.91 Å². The van der Waals surface area contributed by atoms with Crippen molar-refractivity contribution in [2.75, 3.05) is 33.2 Å². The zero-order valence-electron chi connectivity index (χ0n) is 16.2. The van der Waals surface area contributed by atoms with Gasteiger partial charge in [0, 0.05) is 38.2 Å². The van der Waals surface area contributed by atoms with Gasteiger partial charge in [-0.1, -0.05) is 0 Å². The number of aromatic amines is 1. The number of likely N-dealkylation sites (tertiary alicyclic amines) is 2. The first-order valence-corrected chi connectivity index (χ1v) is 9.85. The van der Waals surface area contributed by atoms with Crippen LogP contribution < -0.4 is 5.32 Å². The fraction of sp³-hybridized carbons (Fsp3) is 0.579. The van der Waals surface area contributed by atoms with Gasteiger partial charge in [-0.3, -0.25) is 19.4 Å². The first-order chi connectivity index (χ1) is 13.6. The molecule has 2 aromatic rings. The normalized spacial score (nSPS) is 25.3. The number of amides is 2. The third-order valence-corrected chi connectivity index (χ3v) is 6.09. The molecule has 2 aromatic heterocycles. The van der Waals surface area contributed by atoms with Crippen LogP contribution in [0.3, 0.4) is 0 Å². The lowest BCUT2D eigenvalue weighted by Gasteiger charge is -2.53. The molecule has 0 aromatic carbocycles. The first-order valence-electron chi connectivity index (χ1n) is 9.85. The number of carbonyl (C=O) groups is 2. The quantitative estimate of drug-likeness (QED) is 0.774. The number of H-pyrrole nitrogens is 1. The van der Waals surface area contributed by atoms with E-state index in [1.807, 2.05) is 24.2 Å². The summed E-state index contributed by atoms with van der Waals surface area (Å²) in [6, 6.07) is 3.42. The SMILES string of the molecule is CN1CC[C@]2(C(=O)NCCn3cccn3)CCCN(C(=O)c3ccn[nH]3)[C@H]2C1. The van der Waals surface area contributed by atoms with E-state index in [1.165, 1.54) is 0 Å². The molecule has 0 aliphatic carbocycles. The molecule has 2 aliphatic heterocycles. The molecule has 0 unspecified atom stereocenters. The van der Waals surface area contributed by atoms with Gasteiger partial charge in [0.05, 0.1) is 18.0 Å². The van der Waals surface area contributed by atoms with E-state index < -0.39 is 5.41 Å². The maximum absolute atomic E-state index is 13.3. The summed E-state index contributed by atoms with van der Waals surface area (Å²) in [6.07, 6.45) is 7.59. The zero-order chi connectivity index (χ0) is 19.6. The lowest BCUT2D eigenvalue weighted by atomic mass is 9.67. The maximum Gasteiger partial charge on any atom is 0.272 e. The second-order valence-corrected chi connectivity index (χ2v) is 7.78. The Balaban J connectivity index is 1.52. The summed E-state index contributed by atoms with van der Waals surface area (Å²) >= 11 is 0. The number of fused-ring (bicyclic) bond motifs is 1. The Hall–Kier alpha value is -2.68. The van der Waals surface area contributed by atoms with Gasteiger partial charge in [-0.05, 0) is 45.0 Å². The highest BCUT2D eigenvalue weighted by atomic mass is 16.2. The van der Waals surface area contributed by atoms with E-state index in [2.05, 4.69) is 25.5 Å². The zero-order valence-corrected chi connectivity index (χ0v) is 16.2. The number of rotatable bonds is 5. The van der Waals surface area contributed by atoms with Crippen LogP contribution in [0.25, 0.3) is 0 Å². The topological polar surface area (TPSA) is 99.2 Å². The minimum atomic E-state index is -0.537. The predicted octanol–water partition coefficient (Wildman–Crippen LogP) is 0.349. The Morgan fingerprint density at radius 1 is 1.32 bits per heavy atom. The van der Waals surface area contributed by atoms with Crippen LogP contribution >= 0.6 is 0 Å². The van der Waals surface area contributed by atoms with E-state index in [0.29, 0.717) is 31.9 Å². The summed E-state index contributed by atoms with van der Waals surface area (Å²) in [5.41, 5.74) is -0.0620. The van der Waals surface area contributed by atoms with Crippen molar-refractivity contribution in [1.29, 1.82) is 0 Å². The third-order valence-electron chi connectivity index (χ3n) is 6.09. The molecule has 28 heavy (non-hydrogen) atoms. The molecule has 150 valence electrons. The minimum absolute atomic E-state index is 0.0554. The summed E-state index contributed by atoms with van der Waals surface area (Å²) in [4.78, 5) is 30.5. The molecule has 4 rings (SSSR count). The Kier molecular flexibility index (Phi) is 5.17. The molecule has 2 amide bonds. The number of likely N-dealkylation sites (N-methyl/N-ethyl adjacent to an activating group) is 1. The standard InChI is InChI=1S/C19H27N7O2/c1-24-12-6-19(18(28)20-9-13-25-10-3-7-22-25)5-2-11-26(16(19)14-24)17(27)15-4-8-21-23-15/h3-4,7-8,10,16H,2,5-6,9,11-14H2,1H3,(H,20,28)(H,21,23)/t16-,19+/m0/s1. The van der Waals surface area contributed by atoms with Crippen molar-refractivity contribution < 1.29 is 9.59 Å². The Labute approximate surface area is 164 Å². The summed E-state index contributed by atoms with van der Waals surface area (Å²) in [6.45, 7) is 3.38. The molecule has 0 bridgehead atoms. The van der Waals surface area contributed by atoms with Crippen molar-refractivity contribution in [3.05, 3.63) is 36.4 Å². The van der Waals surface area contributed by atoms with Crippen LogP contribution in [0, 0.1) is 5.41 Å². The molecule has 2 N–H and O–H groups in total. The molecule has 9 heteroatoms. The lowest BCUT2D eigenvalue weighted by molar-refractivity contribution is -0.142. The highest BCUT2D eigenvalue weighted by Gasteiger charge is 2.53. The molecule has 2 saturated heterocycles. The lowest BCUT2D eigenvalue weighted by Crippen LogP contribution is -2.66. The number of hydrogen-bond acceptors (Lipinski definition) is 5. The minimum Gasteiger partial charge on any atom is -0.354 e. The van der Waals surface area contributed by atoms with Crippen molar-refractivity contribution in [2.24, 2.45) is 5.41 Å². The van der Waals surface area contributed by atoms with Crippen LogP contribution in [0.5, 0.6) is 0 Å². The fourth-order valence-corrected chi connectivity index (χ4v) is 4.57. The van der Waals surface area contributed by atoms with Crippen LogP contribution in [-0.4, -0.2) is 80.9 Å². The van der Waals surface area contributed by atoms with Gasteiger partial charge in [0.2, 0.25) is 5.91 Å². The predicted molar refractivity (Wildman–Crippen MR) is 102 cm³/mol. The molecule has 2 atom stereocenters. The van der Waals surface area contributed by atoms with Gasteiger partial charge < -0.3 is 15.1 Å². The van der Waals surface area contributed by atoms with Crippen molar-refractivity contribution in [2.45, 2.75) is 31.8 Å². The van der Waals surface area contributed by atoms with E-state index in [1.54, 1.807) is 23.1 Å².